The molecule has 1 aliphatic heterocycles. The Labute approximate surface area is 141 Å². The van der Waals surface area contributed by atoms with Gasteiger partial charge in [0, 0.05) is 19.6 Å². The molecule has 2 aromatic heterocycles. The summed E-state index contributed by atoms with van der Waals surface area (Å²) in [6, 6.07) is -0.0783. The molecule has 0 bridgehead atoms. The molecular formula is C16H23N7O. The van der Waals surface area contributed by atoms with Crippen LogP contribution in [0.3, 0.4) is 0 Å². The summed E-state index contributed by atoms with van der Waals surface area (Å²) in [5, 5.41) is 11.4. The zero-order chi connectivity index (χ0) is 16.9. The van der Waals surface area contributed by atoms with Crippen LogP contribution in [-0.2, 0) is 6.54 Å². The molecule has 0 aromatic carbocycles. The quantitative estimate of drug-likeness (QED) is 0.870. The first-order valence-electron chi connectivity index (χ1n) is 8.44. The van der Waals surface area contributed by atoms with Crippen LogP contribution in [0.25, 0.3) is 0 Å². The molecule has 8 heteroatoms. The lowest BCUT2D eigenvalue weighted by atomic mass is 10.3. The lowest BCUT2D eigenvalue weighted by Gasteiger charge is -2.17. The Bertz CT molecular complexity index is 693. The normalized spacial score (nSPS) is 15.5. The monoisotopic (exact) mass is 329 g/mol. The molecule has 1 fully saturated rings. The molecule has 0 radical (unpaired) electrons. The van der Waals surface area contributed by atoms with Crippen molar-refractivity contribution in [1.82, 2.24) is 29.6 Å². The van der Waals surface area contributed by atoms with Gasteiger partial charge in [-0.2, -0.15) is 0 Å². The van der Waals surface area contributed by atoms with Crippen LogP contribution in [-0.4, -0.2) is 48.6 Å². The van der Waals surface area contributed by atoms with Gasteiger partial charge in [-0.05, 0) is 26.2 Å². The van der Waals surface area contributed by atoms with Gasteiger partial charge in [-0.25, -0.2) is 4.98 Å². The molecule has 1 N–H and O–H groups in total. The van der Waals surface area contributed by atoms with E-state index in [1.165, 1.54) is 6.20 Å². The third-order valence-electron chi connectivity index (χ3n) is 4.11. The van der Waals surface area contributed by atoms with Gasteiger partial charge in [0.25, 0.3) is 5.91 Å². The van der Waals surface area contributed by atoms with Crippen LogP contribution in [0.2, 0.25) is 0 Å². The number of aryl methyl sites for hydroxylation is 1. The number of nitrogens with zero attached hydrogens (tertiary/aromatic N) is 6. The molecule has 3 rings (SSSR count). The predicted octanol–water partition coefficient (Wildman–Crippen LogP) is 1.89. The minimum absolute atomic E-state index is 0.0505. The fourth-order valence-electron chi connectivity index (χ4n) is 2.92. The largest absolute Gasteiger partial charge is 0.359 e. The molecule has 0 saturated carbocycles. The third-order valence-corrected chi connectivity index (χ3v) is 4.11. The molecule has 0 aliphatic carbocycles. The summed E-state index contributed by atoms with van der Waals surface area (Å²) in [7, 11) is 0. The van der Waals surface area contributed by atoms with Crippen molar-refractivity contribution in [2.45, 2.75) is 45.7 Å². The van der Waals surface area contributed by atoms with Gasteiger partial charge in [0.05, 0.1) is 18.4 Å². The molecule has 1 aliphatic rings. The SMILES string of the molecule is CCCn1cnnc1C(C)Nc1cncc(C(=O)N2CCCC2)n1. The maximum atomic E-state index is 12.4. The van der Waals surface area contributed by atoms with Crippen LogP contribution >= 0.6 is 0 Å². The molecule has 2 aromatic rings. The Kier molecular flexibility index (Phi) is 5.02. The van der Waals surface area contributed by atoms with Gasteiger partial charge in [0.2, 0.25) is 0 Å². The number of hydrogen-bond acceptors (Lipinski definition) is 6. The number of anilines is 1. The van der Waals surface area contributed by atoms with Gasteiger partial charge in [0.15, 0.2) is 5.82 Å². The predicted molar refractivity (Wildman–Crippen MR) is 89.5 cm³/mol. The van der Waals surface area contributed by atoms with Gasteiger partial charge in [0.1, 0.15) is 17.8 Å². The first kappa shape index (κ1) is 16.4. The van der Waals surface area contributed by atoms with Gasteiger partial charge in [-0.1, -0.05) is 6.92 Å². The maximum absolute atomic E-state index is 12.4. The summed E-state index contributed by atoms with van der Waals surface area (Å²) in [4.78, 5) is 22.8. The average Bonchev–Trinajstić information content (AvgIpc) is 3.26. The van der Waals surface area contributed by atoms with Gasteiger partial charge in [-0.3, -0.25) is 9.78 Å². The van der Waals surface area contributed by atoms with Crippen LogP contribution in [0.5, 0.6) is 0 Å². The highest BCUT2D eigenvalue weighted by molar-refractivity contribution is 5.92. The van der Waals surface area contributed by atoms with Crippen LogP contribution in [0.15, 0.2) is 18.7 Å². The van der Waals surface area contributed by atoms with E-state index in [9.17, 15) is 4.79 Å². The van der Waals surface area contributed by atoms with Crippen molar-refractivity contribution in [3.8, 4) is 0 Å². The number of likely N-dealkylation sites (tertiary alicyclic amines) is 1. The molecule has 24 heavy (non-hydrogen) atoms. The number of nitrogens with one attached hydrogen (secondary N) is 1. The standard InChI is InChI=1S/C16H23N7O/c1-3-6-23-11-18-21-15(23)12(2)19-14-10-17-9-13(20-14)16(24)22-7-4-5-8-22/h9-12H,3-8H2,1-2H3,(H,19,20). The van der Waals surface area contributed by atoms with Crippen LogP contribution in [0.4, 0.5) is 5.82 Å². The number of hydrogen-bond donors (Lipinski definition) is 1. The molecule has 8 nitrogen and oxygen atoms in total. The number of carbonyl (C=O) groups excluding carboxylic acids is 1. The molecule has 3 heterocycles. The minimum Gasteiger partial charge on any atom is -0.359 e. The summed E-state index contributed by atoms with van der Waals surface area (Å²) in [5.41, 5.74) is 0.379. The second-order valence-corrected chi connectivity index (χ2v) is 6.04. The summed E-state index contributed by atoms with van der Waals surface area (Å²) < 4.78 is 2.02. The van der Waals surface area contributed by atoms with Gasteiger partial charge >= 0.3 is 0 Å². The number of amides is 1. The van der Waals surface area contributed by atoms with Gasteiger partial charge in [-0.15, -0.1) is 10.2 Å². The van der Waals surface area contributed by atoms with Crippen LogP contribution in [0, 0.1) is 0 Å². The smallest absolute Gasteiger partial charge is 0.274 e. The lowest BCUT2D eigenvalue weighted by Crippen LogP contribution is -2.28. The number of aromatic nitrogens is 5. The van der Waals surface area contributed by atoms with E-state index < -0.39 is 0 Å². The molecule has 1 atom stereocenters. The summed E-state index contributed by atoms with van der Waals surface area (Å²) in [5.74, 6) is 1.36. The molecular weight excluding hydrogens is 306 g/mol. The highest BCUT2D eigenvalue weighted by Gasteiger charge is 2.21. The van der Waals surface area contributed by atoms with E-state index in [1.807, 2.05) is 16.4 Å². The zero-order valence-corrected chi connectivity index (χ0v) is 14.1. The summed E-state index contributed by atoms with van der Waals surface area (Å²) >= 11 is 0. The second-order valence-electron chi connectivity index (χ2n) is 6.04. The third kappa shape index (κ3) is 3.52. The Balaban J connectivity index is 1.72. The molecule has 128 valence electrons. The Morgan fingerprint density at radius 2 is 2.12 bits per heavy atom. The molecule has 1 saturated heterocycles. The number of carbonyl (C=O) groups is 1. The molecule has 1 unspecified atom stereocenters. The lowest BCUT2D eigenvalue weighted by molar-refractivity contribution is 0.0786. The number of rotatable bonds is 6. The fourth-order valence-corrected chi connectivity index (χ4v) is 2.92. The van der Waals surface area contributed by atoms with Crippen LogP contribution in [0.1, 0.15) is 55.5 Å². The molecule has 0 spiro atoms. The van der Waals surface area contributed by atoms with E-state index in [0.29, 0.717) is 11.5 Å². The first-order valence-corrected chi connectivity index (χ1v) is 8.44. The Morgan fingerprint density at radius 1 is 1.33 bits per heavy atom. The topological polar surface area (TPSA) is 88.8 Å². The van der Waals surface area contributed by atoms with Crippen molar-refractivity contribution in [2.75, 3.05) is 18.4 Å². The van der Waals surface area contributed by atoms with Gasteiger partial charge < -0.3 is 14.8 Å². The van der Waals surface area contributed by atoms with E-state index in [0.717, 1.165) is 44.7 Å². The average molecular weight is 329 g/mol. The van der Waals surface area contributed by atoms with Crippen molar-refractivity contribution >= 4 is 11.7 Å². The van der Waals surface area contributed by atoms with Crippen molar-refractivity contribution in [3.63, 3.8) is 0 Å². The highest BCUT2D eigenvalue weighted by Crippen LogP contribution is 2.17. The highest BCUT2D eigenvalue weighted by atomic mass is 16.2. The van der Waals surface area contributed by atoms with Crippen molar-refractivity contribution in [3.05, 3.63) is 30.2 Å². The maximum Gasteiger partial charge on any atom is 0.274 e. The van der Waals surface area contributed by atoms with Crippen molar-refractivity contribution in [2.24, 2.45) is 0 Å². The Morgan fingerprint density at radius 3 is 2.88 bits per heavy atom. The van der Waals surface area contributed by atoms with Crippen molar-refractivity contribution in [1.29, 1.82) is 0 Å². The Hall–Kier alpha value is -2.51. The first-order chi connectivity index (χ1) is 11.7. The zero-order valence-electron chi connectivity index (χ0n) is 14.1. The minimum atomic E-state index is -0.0783. The van der Waals surface area contributed by atoms with E-state index in [2.05, 4.69) is 32.4 Å². The second kappa shape index (κ2) is 7.37. The molecule has 1 amide bonds. The van der Waals surface area contributed by atoms with E-state index in [-0.39, 0.29) is 11.9 Å². The van der Waals surface area contributed by atoms with Crippen molar-refractivity contribution < 1.29 is 4.79 Å². The summed E-state index contributed by atoms with van der Waals surface area (Å²) in [6.45, 7) is 6.57. The van der Waals surface area contributed by atoms with E-state index in [1.54, 1.807) is 12.5 Å². The fraction of sp³-hybridized carbons (Fsp3) is 0.562. The summed E-state index contributed by atoms with van der Waals surface area (Å²) in [6.07, 6.45) is 8.00. The van der Waals surface area contributed by atoms with E-state index >= 15 is 0 Å². The van der Waals surface area contributed by atoms with E-state index in [4.69, 9.17) is 0 Å². The van der Waals surface area contributed by atoms with Crippen LogP contribution < -0.4 is 5.32 Å².